The first-order valence-corrected chi connectivity index (χ1v) is 8.03. The van der Waals surface area contributed by atoms with Gasteiger partial charge in [0.1, 0.15) is 0 Å². The Morgan fingerprint density at radius 2 is 2.28 bits per heavy atom. The van der Waals surface area contributed by atoms with Crippen molar-refractivity contribution in [2.45, 2.75) is 30.0 Å². The maximum Gasteiger partial charge on any atom is 0.260 e. The first kappa shape index (κ1) is 12.4. The van der Waals surface area contributed by atoms with Gasteiger partial charge in [-0.05, 0) is 12.8 Å². The van der Waals surface area contributed by atoms with Gasteiger partial charge in [-0.25, -0.2) is 18.1 Å². The van der Waals surface area contributed by atoms with Gasteiger partial charge in [0, 0.05) is 17.6 Å². The van der Waals surface area contributed by atoms with Crippen LogP contribution < -0.4 is 4.72 Å². The summed E-state index contributed by atoms with van der Waals surface area (Å²) < 4.78 is 28.4. The number of hydrogen-bond donors (Lipinski definition) is 2. The molecule has 0 spiro atoms. The van der Waals surface area contributed by atoms with Crippen molar-refractivity contribution in [2.75, 3.05) is 0 Å². The van der Waals surface area contributed by atoms with E-state index in [-0.39, 0.29) is 16.2 Å². The molecule has 0 saturated heterocycles. The van der Waals surface area contributed by atoms with Gasteiger partial charge in [0.15, 0.2) is 15.1 Å². The molecule has 0 bridgehead atoms. The van der Waals surface area contributed by atoms with E-state index in [2.05, 4.69) is 9.71 Å². The maximum absolute atomic E-state index is 12.2. The average Bonchev–Trinajstić information content (AvgIpc) is 2.73. The van der Waals surface area contributed by atoms with Crippen molar-refractivity contribution >= 4 is 37.9 Å². The van der Waals surface area contributed by atoms with E-state index in [1.807, 2.05) is 0 Å². The number of aliphatic hydroxyl groups excluding tert-OH is 1. The highest BCUT2D eigenvalue weighted by atomic mass is 35.5. The Morgan fingerprint density at radius 1 is 1.56 bits per heavy atom. The fourth-order valence-electron chi connectivity index (χ4n) is 1.94. The Bertz CT molecular complexity index is 687. The van der Waals surface area contributed by atoms with Crippen LogP contribution in [-0.2, 0) is 10.0 Å². The van der Waals surface area contributed by atoms with E-state index < -0.39 is 16.1 Å². The monoisotopic (exact) mass is 307 g/mol. The van der Waals surface area contributed by atoms with E-state index in [0.717, 1.165) is 0 Å². The first-order chi connectivity index (χ1) is 8.47. The molecule has 0 amide bonds. The molecule has 0 aliphatic heterocycles. The van der Waals surface area contributed by atoms with Crippen molar-refractivity contribution in [3.63, 3.8) is 0 Å². The molecule has 3 rings (SSSR count). The second kappa shape index (κ2) is 4.17. The minimum absolute atomic E-state index is 0.0331. The van der Waals surface area contributed by atoms with Crippen LogP contribution in [-0.4, -0.2) is 35.1 Å². The highest BCUT2D eigenvalue weighted by Crippen LogP contribution is 2.27. The third-order valence-electron chi connectivity index (χ3n) is 2.87. The molecule has 1 aliphatic carbocycles. The van der Waals surface area contributed by atoms with Crippen LogP contribution in [0.25, 0.3) is 4.96 Å². The second-order valence-electron chi connectivity index (χ2n) is 4.21. The molecule has 2 aromatic rings. The fraction of sp³-hybridized carbons (Fsp3) is 0.444. The van der Waals surface area contributed by atoms with Crippen LogP contribution in [0.4, 0.5) is 0 Å². The predicted molar refractivity (Wildman–Crippen MR) is 67.4 cm³/mol. The van der Waals surface area contributed by atoms with Crippen molar-refractivity contribution in [1.29, 1.82) is 0 Å². The number of aromatic nitrogens is 2. The molecule has 18 heavy (non-hydrogen) atoms. The van der Waals surface area contributed by atoms with Gasteiger partial charge in [0.25, 0.3) is 10.0 Å². The van der Waals surface area contributed by atoms with Gasteiger partial charge in [0.05, 0.1) is 6.10 Å². The minimum atomic E-state index is -3.71. The fourth-order valence-corrected chi connectivity index (χ4v) is 4.65. The number of thiazole rings is 1. The van der Waals surface area contributed by atoms with E-state index in [1.54, 1.807) is 11.6 Å². The molecule has 2 N–H and O–H groups in total. The van der Waals surface area contributed by atoms with Gasteiger partial charge in [-0.1, -0.05) is 11.6 Å². The minimum Gasteiger partial charge on any atom is -0.393 e. The molecule has 2 heterocycles. The Hall–Kier alpha value is -0.670. The third kappa shape index (κ3) is 1.94. The van der Waals surface area contributed by atoms with Crippen molar-refractivity contribution in [3.8, 4) is 0 Å². The predicted octanol–water partition coefficient (Wildman–Crippen LogP) is 0.851. The number of halogens is 1. The van der Waals surface area contributed by atoms with Gasteiger partial charge in [0.2, 0.25) is 0 Å². The number of fused-ring (bicyclic) bond motifs is 1. The van der Waals surface area contributed by atoms with Crippen molar-refractivity contribution < 1.29 is 13.5 Å². The van der Waals surface area contributed by atoms with Gasteiger partial charge in [-0.15, -0.1) is 11.3 Å². The van der Waals surface area contributed by atoms with Crippen LogP contribution >= 0.6 is 22.9 Å². The Balaban J connectivity index is 1.97. The highest BCUT2D eigenvalue weighted by Gasteiger charge is 2.34. The summed E-state index contributed by atoms with van der Waals surface area (Å²) in [5.74, 6) is 0. The summed E-state index contributed by atoms with van der Waals surface area (Å²) in [5, 5.41) is 10.8. The van der Waals surface area contributed by atoms with Crippen LogP contribution in [0.3, 0.4) is 0 Å². The normalized spacial score (nSPS) is 24.3. The summed E-state index contributed by atoms with van der Waals surface area (Å²) in [6, 6.07) is -0.231. The Kier molecular flexibility index (Phi) is 2.87. The molecule has 1 aliphatic rings. The zero-order valence-electron chi connectivity index (χ0n) is 9.08. The molecule has 0 radical (unpaired) electrons. The molecule has 9 heteroatoms. The maximum atomic E-state index is 12.2. The van der Waals surface area contributed by atoms with Gasteiger partial charge in [-0.2, -0.15) is 0 Å². The zero-order valence-corrected chi connectivity index (χ0v) is 11.5. The summed E-state index contributed by atoms with van der Waals surface area (Å²) in [7, 11) is -3.71. The van der Waals surface area contributed by atoms with Crippen LogP contribution in [0.2, 0.25) is 5.15 Å². The number of aliphatic hydroxyl groups is 1. The lowest BCUT2D eigenvalue weighted by Crippen LogP contribution is -2.46. The molecule has 0 aromatic carbocycles. The van der Waals surface area contributed by atoms with E-state index in [4.69, 9.17) is 16.7 Å². The number of nitrogens with zero attached hydrogens (tertiary/aromatic N) is 2. The number of nitrogens with one attached hydrogen (secondary N) is 1. The number of sulfonamides is 1. The molecular weight excluding hydrogens is 298 g/mol. The number of imidazole rings is 1. The van der Waals surface area contributed by atoms with Gasteiger partial charge >= 0.3 is 0 Å². The Morgan fingerprint density at radius 3 is 2.94 bits per heavy atom. The van der Waals surface area contributed by atoms with Gasteiger partial charge < -0.3 is 5.11 Å². The van der Waals surface area contributed by atoms with Crippen LogP contribution in [0.1, 0.15) is 12.8 Å². The summed E-state index contributed by atoms with van der Waals surface area (Å²) in [6.45, 7) is 0. The van der Waals surface area contributed by atoms with Crippen LogP contribution in [0.5, 0.6) is 0 Å². The molecule has 0 atom stereocenters. The topological polar surface area (TPSA) is 83.7 Å². The van der Waals surface area contributed by atoms with E-state index in [1.165, 1.54) is 15.7 Å². The quantitative estimate of drug-likeness (QED) is 0.880. The lowest BCUT2D eigenvalue weighted by Gasteiger charge is -2.31. The molecule has 1 fully saturated rings. The standard InChI is InChI=1S/C9H10ClN3O3S2/c10-7-8(13-1-2-17-9(13)11-7)18(15,16)12-5-3-6(14)4-5/h1-2,5-6,12,14H,3-4H2. The molecule has 6 nitrogen and oxygen atoms in total. The third-order valence-corrected chi connectivity index (χ3v) is 5.54. The molecule has 1 saturated carbocycles. The molecular formula is C9H10ClN3O3S2. The second-order valence-corrected chi connectivity index (χ2v) is 7.07. The average molecular weight is 308 g/mol. The van der Waals surface area contributed by atoms with Crippen molar-refractivity contribution in [3.05, 3.63) is 16.7 Å². The lowest BCUT2D eigenvalue weighted by atomic mass is 9.91. The van der Waals surface area contributed by atoms with E-state index in [9.17, 15) is 8.42 Å². The summed E-state index contributed by atoms with van der Waals surface area (Å²) in [5.41, 5.74) is 0. The molecule has 0 unspecified atom stereocenters. The van der Waals surface area contributed by atoms with Gasteiger partial charge in [-0.3, -0.25) is 4.40 Å². The van der Waals surface area contributed by atoms with Crippen LogP contribution in [0, 0.1) is 0 Å². The largest absolute Gasteiger partial charge is 0.393 e. The van der Waals surface area contributed by atoms with Crippen LogP contribution in [0.15, 0.2) is 16.6 Å². The number of hydrogen-bond acceptors (Lipinski definition) is 5. The highest BCUT2D eigenvalue weighted by molar-refractivity contribution is 7.89. The number of rotatable bonds is 3. The lowest BCUT2D eigenvalue weighted by molar-refractivity contribution is 0.0712. The van der Waals surface area contributed by atoms with Crippen molar-refractivity contribution in [1.82, 2.24) is 14.1 Å². The van der Waals surface area contributed by atoms with E-state index >= 15 is 0 Å². The SMILES string of the molecule is O=S(=O)(NC1CC(O)C1)c1c(Cl)nc2sccn12. The summed E-state index contributed by atoms with van der Waals surface area (Å²) in [6.07, 6.45) is 2.06. The summed E-state index contributed by atoms with van der Waals surface area (Å²) in [4.78, 5) is 4.52. The smallest absolute Gasteiger partial charge is 0.260 e. The summed E-state index contributed by atoms with van der Waals surface area (Å²) >= 11 is 7.19. The first-order valence-electron chi connectivity index (χ1n) is 5.29. The zero-order chi connectivity index (χ0) is 12.9. The molecule has 98 valence electrons. The van der Waals surface area contributed by atoms with E-state index in [0.29, 0.717) is 17.8 Å². The van der Waals surface area contributed by atoms with Crippen molar-refractivity contribution in [2.24, 2.45) is 0 Å². The molecule has 2 aromatic heterocycles. The Labute approximate surface area is 112 Å².